The molecule has 0 aromatic rings. The zero-order valence-electron chi connectivity index (χ0n) is 15.5. The summed E-state index contributed by atoms with van der Waals surface area (Å²) >= 11 is 1.47. The van der Waals surface area contributed by atoms with Crippen molar-refractivity contribution in [2.75, 3.05) is 25.1 Å². The molecule has 154 valence electrons. The number of hydrogen-bond acceptors (Lipinski definition) is 7. The minimum atomic E-state index is -1.48. The molecular weight excluding hydrogens is 376 g/mol. The Morgan fingerprint density at radius 2 is 1.96 bits per heavy atom. The van der Waals surface area contributed by atoms with E-state index in [-0.39, 0.29) is 18.9 Å². The third kappa shape index (κ3) is 6.67. The molecule has 0 aromatic carbocycles. The fraction of sp³-hybridized carbons (Fsp3) is 0.750. The zero-order chi connectivity index (χ0) is 20.6. The Balaban J connectivity index is 2.83. The Morgan fingerprint density at radius 1 is 1.30 bits per heavy atom. The normalized spacial score (nSPS) is 19.9. The third-order valence-corrected chi connectivity index (χ3v) is 4.98. The molecule has 10 nitrogen and oxygen atoms in total. The van der Waals surface area contributed by atoms with E-state index in [1.165, 1.54) is 23.6 Å². The van der Waals surface area contributed by atoms with Gasteiger partial charge >= 0.3 is 5.97 Å². The molecule has 0 radical (unpaired) electrons. The second kappa shape index (κ2) is 11.1. The summed E-state index contributed by atoms with van der Waals surface area (Å²) in [6.07, 6.45) is 1.96. The van der Waals surface area contributed by atoms with Gasteiger partial charge in [0.15, 0.2) is 6.04 Å². The average molecular weight is 404 g/mol. The zero-order valence-corrected chi connectivity index (χ0v) is 16.3. The summed E-state index contributed by atoms with van der Waals surface area (Å²) < 4.78 is 0. The van der Waals surface area contributed by atoms with Gasteiger partial charge in [-0.3, -0.25) is 14.4 Å². The number of aliphatic carboxylic acids is 1. The van der Waals surface area contributed by atoms with Crippen molar-refractivity contribution in [3.63, 3.8) is 0 Å². The highest BCUT2D eigenvalue weighted by Crippen LogP contribution is 2.17. The molecular formula is C16H28N4O6S. The Labute approximate surface area is 162 Å². The molecule has 3 amide bonds. The van der Waals surface area contributed by atoms with Gasteiger partial charge in [0.25, 0.3) is 0 Å². The lowest BCUT2D eigenvalue weighted by Gasteiger charge is -2.27. The first-order chi connectivity index (χ1) is 12.7. The number of carbonyl (C=O) groups excluding carboxylic acids is 3. The van der Waals surface area contributed by atoms with E-state index in [1.54, 1.807) is 0 Å². The number of nitrogens with two attached hydrogens (primary N) is 1. The van der Waals surface area contributed by atoms with Gasteiger partial charge in [0.2, 0.25) is 17.7 Å². The van der Waals surface area contributed by atoms with Crippen molar-refractivity contribution in [2.24, 2.45) is 5.73 Å². The van der Waals surface area contributed by atoms with Crippen LogP contribution in [0, 0.1) is 0 Å². The third-order valence-electron chi connectivity index (χ3n) is 4.34. The Morgan fingerprint density at radius 3 is 2.48 bits per heavy atom. The highest BCUT2D eigenvalue weighted by molar-refractivity contribution is 7.98. The van der Waals surface area contributed by atoms with Crippen LogP contribution in [-0.4, -0.2) is 88.1 Å². The summed E-state index contributed by atoms with van der Waals surface area (Å²) in [6.45, 7) is 1.48. The lowest BCUT2D eigenvalue weighted by Crippen LogP contribution is -2.57. The number of amides is 3. The van der Waals surface area contributed by atoms with Crippen LogP contribution < -0.4 is 16.4 Å². The van der Waals surface area contributed by atoms with Gasteiger partial charge in [-0.25, -0.2) is 4.79 Å². The number of aliphatic hydroxyl groups excluding tert-OH is 1. The Hall–Kier alpha value is -1.85. The molecule has 0 bridgehead atoms. The van der Waals surface area contributed by atoms with E-state index in [1.807, 2.05) is 6.26 Å². The SMILES string of the molecule is CSCCC(NC(=O)C1CCCN1C(=O)CN)C(=O)NC(C(=O)O)C(C)O. The van der Waals surface area contributed by atoms with E-state index in [0.717, 1.165) is 0 Å². The number of rotatable bonds is 10. The van der Waals surface area contributed by atoms with Crippen LogP contribution in [0.25, 0.3) is 0 Å². The van der Waals surface area contributed by atoms with Crippen LogP contribution in [0.1, 0.15) is 26.2 Å². The van der Waals surface area contributed by atoms with E-state index < -0.39 is 42.0 Å². The van der Waals surface area contributed by atoms with Gasteiger partial charge in [0, 0.05) is 6.54 Å². The number of nitrogens with one attached hydrogen (secondary N) is 2. The quantitative estimate of drug-likeness (QED) is 0.283. The van der Waals surface area contributed by atoms with Crippen molar-refractivity contribution in [3.05, 3.63) is 0 Å². The monoisotopic (exact) mass is 404 g/mol. The molecule has 0 aromatic heterocycles. The number of likely N-dealkylation sites (tertiary alicyclic amines) is 1. The second-order valence-corrected chi connectivity index (χ2v) is 7.34. The van der Waals surface area contributed by atoms with Crippen molar-refractivity contribution in [3.8, 4) is 0 Å². The summed E-state index contributed by atoms with van der Waals surface area (Å²) in [4.78, 5) is 49.5. The van der Waals surface area contributed by atoms with Crippen LogP contribution in [0.3, 0.4) is 0 Å². The first-order valence-electron chi connectivity index (χ1n) is 8.73. The van der Waals surface area contributed by atoms with Crippen LogP contribution in [0.2, 0.25) is 0 Å². The summed E-state index contributed by atoms with van der Waals surface area (Å²) in [6, 6.07) is -3.15. The second-order valence-electron chi connectivity index (χ2n) is 6.36. The minimum Gasteiger partial charge on any atom is -0.480 e. The van der Waals surface area contributed by atoms with E-state index in [9.17, 15) is 24.3 Å². The lowest BCUT2D eigenvalue weighted by atomic mass is 10.1. The highest BCUT2D eigenvalue weighted by Gasteiger charge is 2.36. The van der Waals surface area contributed by atoms with Crippen molar-refractivity contribution < 1.29 is 29.4 Å². The minimum absolute atomic E-state index is 0.200. The van der Waals surface area contributed by atoms with Gasteiger partial charge in [-0.2, -0.15) is 11.8 Å². The Kier molecular flexibility index (Phi) is 9.53. The maximum Gasteiger partial charge on any atom is 0.328 e. The van der Waals surface area contributed by atoms with Crippen molar-refractivity contribution in [1.82, 2.24) is 15.5 Å². The molecule has 27 heavy (non-hydrogen) atoms. The largest absolute Gasteiger partial charge is 0.480 e. The summed E-state index contributed by atoms with van der Waals surface area (Å²) in [7, 11) is 0. The molecule has 4 unspecified atom stereocenters. The standard InChI is InChI=1S/C16H28N4O6S/c1-9(21)13(16(25)26)19-14(23)10(5-7-27-2)18-15(24)11-4-3-6-20(11)12(22)8-17/h9-11,13,21H,3-8,17H2,1-2H3,(H,18,24)(H,19,23)(H,25,26). The van der Waals surface area contributed by atoms with Gasteiger partial charge in [-0.1, -0.05) is 0 Å². The van der Waals surface area contributed by atoms with Crippen molar-refractivity contribution in [1.29, 1.82) is 0 Å². The van der Waals surface area contributed by atoms with Crippen molar-refractivity contribution in [2.45, 2.75) is 50.4 Å². The number of aliphatic hydroxyl groups is 1. The van der Waals surface area contributed by atoms with Gasteiger partial charge < -0.3 is 31.5 Å². The highest BCUT2D eigenvalue weighted by atomic mass is 32.2. The molecule has 6 N–H and O–H groups in total. The number of nitrogens with zero attached hydrogens (tertiary/aromatic N) is 1. The number of carboxylic acids is 1. The van der Waals surface area contributed by atoms with Gasteiger partial charge in [-0.05, 0) is 38.2 Å². The van der Waals surface area contributed by atoms with Crippen LogP contribution in [-0.2, 0) is 19.2 Å². The number of hydrogen-bond donors (Lipinski definition) is 5. The smallest absolute Gasteiger partial charge is 0.328 e. The number of carbonyl (C=O) groups is 4. The first kappa shape index (κ1) is 23.2. The number of thioether (sulfide) groups is 1. The van der Waals surface area contributed by atoms with E-state index in [4.69, 9.17) is 10.8 Å². The first-order valence-corrected chi connectivity index (χ1v) is 10.1. The van der Waals surface area contributed by atoms with Crippen LogP contribution in [0.4, 0.5) is 0 Å². The van der Waals surface area contributed by atoms with E-state index in [0.29, 0.717) is 25.1 Å². The van der Waals surface area contributed by atoms with Crippen LogP contribution in [0.5, 0.6) is 0 Å². The summed E-state index contributed by atoms with van der Waals surface area (Å²) in [5, 5.41) is 23.5. The van der Waals surface area contributed by atoms with E-state index >= 15 is 0 Å². The van der Waals surface area contributed by atoms with Crippen LogP contribution in [0.15, 0.2) is 0 Å². The molecule has 1 aliphatic heterocycles. The lowest BCUT2D eigenvalue weighted by molar-refractivity contribution is -0.145. The molecule has 1 rings (SSSR count). The maximum absolute atomic E-state index is 12.6. The Bertz CT molecular complexity index is 559. The molecule has 1 fully saturated rings. The molecule has 1 saturated heterocycles. The predicted octanol–water partition coefficient (Wildman–Crippen LogP) is -1.88. The van der Waals surface area contributed by atoms with Gasteiger partial charge in [-0.15, -0.1) is 0 Å². The van der Waals surface area contributed by atoms with Gasteiger partial charge in [0.1, 0.15) is 12.1 Å². The molecule has 1 heterocycles. The molecule has 0 spiro atoms. The number of carboxylic acid groups (broad SMARTS) is 1. The van der Waals surface area contributed by atoms with Crippen molar-refractivity contribution >= 4 is 35.5 Å². The fourth-order valence-corrected chi connectivity index (χ4v) is 3.34. The van der Waals surface area contributed by atoms with Crippen LogP contribution >= 0.6 is 11.8 Å². The van der Waals surface area contributed by atoms with Gasteiger partial charge in [0.05, 0.1) is 12.6 Å². The van der Waals surface area contributed by atoms with E-state index in [2.05, 4.69) is 10.6 Å². The fourth-order valence-electron chi connectivity index (χ4n) is 2.87. The molecule has 0 aliphatic carbocycles. The topological polar surface area (TPSA) is 162 Å². The average Bonchev–Trinajstić information content (AvgIpc) is 3.11. The summed E-state index contributed by atoms with van der Waals surface area (Å²) in [5.41, 5.74) is 5.37. The maximum atomic E-state index is 12.6. The molecule has 0 saturated carbocycles. The molecule has 1 aliphatic rings. The summed E-state index contributed by atoms with van der Waals surface area (Å²) in [5.74, 6) is -2.32. The molecule has 11 heteroatoms. The predicted molar refractivity (Wildman–Crippen MR) is 100.0 cm³/mol. The molecule has 4 atom stereocenters.